The van der Waals surface area contributed by atoms with Crippen molar-refractivity contribution in [1.29, 1.82) is 0 Å². The van der Waals surface area contributed by atoms with Crippen LogP contribution >= 0.6 is 7.82 Å². The number of allylic oxidation sites excluding steroid dienone is 10. The highest BCUT2D eigenvalue weighted by atomic mass is 31.2. The first-order chi connectivity index (χ1) is 22.8. The Hall–Kier alpha value is -2.29. The van der Waals surface area contributed by atoms with Gasteiger partial charge in [0.25, 0.3) is 0 Å². The molecule has 2 unspecified atom stereocenters. The molecule has 0 aromatic carbocycles. The zero-order valence-electron chi connectivity index (χ0n) is 29.2. The molecule has 0 rings (SSSR count). The lowest BCUT2D eigenvalue weighted by Gasteiger charge is -2.15. The van der Waals surface area contributed by atoms with Crippen molar-refractivity contribution >= 4 is 19.7 Å². The minimum absolute atomic E-state index is 0.0672. The lowest BCUT2D eigenvalue weighted by molar-refractivity contribution is -0.147. The molecule has 10 heteroatoms. The molecule has 0 radical (unpaired) electrons. The van der Waals surface area contributed by atoms with Crippen LogP contribution in [0, 0.1) is 0 Å². The minimum Gasteiger partial charge on any atom is -0.463 e. The molecule has 47 heavy (non-hydrogen) atoms. The van der Waals surface area contributed by atoms with Gasteiger partial charge in [0.15, 0.2) is 0 Å². The number of carbonyl (C=O) groups excluding carboxylic acids is 2. The van der Waals surface area contributed by atoms with Crippen LogP contribution in [0.4, 0.5) is 0 Å². The van der Waals surface area contributed by atoms with Crippen LogP contribution in [0.1, 0.15) is 129 Å². The zero-order chi connectivity index (χ0) is 34.7. The Bertz CT molecular complexity index is 960. The van der Waals surface area contributed by atoms with Crippen molar-refractivity contribution in [1.82, 2.24) is 5.32 Å². The number of rotatable bonds is 32. The number of hydrogen-bond donors (Lipinski definition) is 3. The Balaban J connectivity index is 3.72. The summed E-state index contributed by atoms with van der Waals surface area (Å²) >= 11 is 0. The number of aliphatic hydroxyl groups excluding tert-OH is 1. The van der Waals surface area contributed by atoms with Crippen LogP contribution in [0.15, 0.2) is 60.8 Å². The monoisotopic (exact) mass is 681 g/mol. The van der Waals surface area contributed by atoms with E-state index in [2.05, 4.69) is 79.9 Å². The molecule has 0 saturated carbocycles. The Morgan fingerprint density at radius 2 is 1.21 bits per heavy atom. The van der Waals surface area contributed by atoms with Gasteiger partial charge in [-0.25, -0.2) is 4.57 Å². The summed E-state index contributed by atoms with van der Waals surface area (Å²) in [6.07, 6.45) is 37.2. The second-order valence-electron chi connectivity index (χ2n) is 11.5. The Kier molecular flexibility index (Phi) is 32.0. The van der Waals surface area contributed by atoms with Crippen LogP contribution < -0.4 is 5.32 Å². The van der Waals surface area contributed by atoms with Gasteiger partial charge in [-0.2, -0.15) is 0 Å². The molecule has 0 saturated heterocycles. The molecule has 0 bridgehead atoms. The molecule has 270 valence electrons. The van der Waals surface area contributed by atoms with Crippen molar-refractivity contribution in [2.75, 3.05) is 26.4 Å². The van der Waals surface area contributed by atoms with Gasteiger partial charge in [-0.15, -0.1) is 0 Å². The molecule has 0 aromatic rings. The zero-order valence-corrected chi connectivity index (χ0v) is 30.1. The van der Waals surface area contributed by atoms with E-state index in [0.717, 1.165) is 89.9 Å². The standard InChI is InChI=1S/C37H64NO8P/c1-3-5-7-9-11-13-15-17-19-21-23-25-27-29-36(40)38-31-32-45-47(42,43)46-34-35(39)33-44-37(41)30-28-26-24-22-20-18-16-14-12-10-8-6-4-2/h6-9,12-15,18,20,35,39H,3-5,10-11,16-17,19,21-34H2,1-2H3,(H,38,40)(H,42,43)/b8-6-,9-7-,14-12-,15-13-,20-18-. The van der Waals surface area contributed by atoms with Crippen LogP contribution in [-0.4, -0.2) is 54.3 Å². The number of hydrogen-bond acceptors (Lipinski definition) is 7. The molecule has 0 spiro atoms. The largest absolute Gasteiger partial charge is 0.472 e. The molecule has 0 aliphatic rings. The third kappa shape index (κ3) is 34.9. The quantitative estimate of drug-likeness (QED) is 0.0278. The highest BCUT2D eigenvalue weighted by Crippen LogP contribution is 2.42. The second kappa shape index (κ2) is 33.6. The molecular formula is C37H64NO8P. The predicted octanol–water partition coefficient (Wildman–Crippen LogP) is 8.98. The third-order valence-electron chi connectivity index (χ3n) is 6.91. The van der Waals surface area contributed by atoms with Gasteiger partial charge in [0.2, 0.25) is 5.91 Å². The summed E-state index contributed by atoms with van der Waals surface area (Å²) in [5.74, 6) is -0.569. The Morgan fingerprint density at radius 3 is 1.85 bits per heavy atom. The molecule has 0 fully saturated rings. The van der Waals surface area contributed by atoms with Crippen molar-refractivity contribution in [2.45, 2.75) is 136 Å². The van der Waals surface area contributed by atoms with Crippen LogP contribution in [-0.2, 0) is 27.9 Å². The van der Waals surface area contributed by atoms with Gasteiger partial charge in [0, 0.05) is 19.4 Å². The highest BCUT2D eigenvalue weighted by molar-refractivity contribution is 7.47. The fourth-order valence-electron chi connectivity index (χ4n) is 4.25. The maximum atomic E-state index is 12.0. The summed E-state index contributed by atoms with van der Waals surface area (Å²) in [5.41, 5.74) is 0. The fraction of sp³-hybridized carbons (Fsp3) is 0.676. The number of aliphatic hydroxyl groups is 1. The van der Waals surface area contributed by atoms with Crippen molar-refractivity contribution in [3.05, 3.63) is 60.8 Å². The summed E-state index contributed by atoms with van der Waals surface area (Å²) in [4.78, 5) is 33.7. The van der Waals surface area contributed by atoms with Gasteiger partial charge in [-0.3, -0.25) is 18.6 Å². The van der Waals surface area contributed by atoms with E-state index in [9.17, 15) is 24.2 Å². The number of carbonyl (C=O) groups is 2. The number of nitrogens with one attached hydrogen (secondary N) is 1. The lowest BCUT2D eigenvalue weighted by atomic mass is 10.1. The molecular weight excluding hydrogens is 617 g/mol. The van der Waals surface area contributed by atoms with E-state index >= 15 is 0 Å². The summed E-state index contributed by atoms with van der Waals surface area (Å²) in [5, 5.41) is 12.6. The van der Waals surface area contributed by atoms with E-state index in [1.165, 1.54) is 6.42 Å². The van der Waals surface area contributed by atoms with E-state index < -0.39 is 26.5 Å². The van der Waals surface area contributed by atoms with Crippen LogP contribution in [0.5, 0.6) is 0 Å². The van der Waals surface area contributed by atoms with E-state index in [1.54, 1.807) is 0 Å². The first kappa shape index (κ1) is 44.7. The summed E-state index contributed by atoms with van der Waals surface area (Å²) in [6, 6.07) is 0. The van der Waals surface area contributed by atoms with Gasteiger partial charge in [-0.1, -0.05) is 107 Å². The molecule has 0 heterocycles. The van der Waals surface area contributed by atoms with Gasteiger partial charge < -0.3 is 20.1 Å². The van der Waals surface area contributed by atoms with E-state index in [-0.39, 0.29) is 32.1 Å². The number of phosphoric acid groups is 1. The van der Waals surface area contributed by atoms with Crippen molar-refractivity contribution in [3.63, 3.8) is 0 Å². The molecule has 9 nitrogen and oxygen atoms in total. The van der Waals surface area contributed by atoms with E-state index in [1.807, 2.05) is 0 Å². The van der Waals surface area contributed by atoms with E-state index in [0.29, 0.717) is 12.8 Å². The lowest BCUT2D eigenvalue weighted by Crippen LogP contribution is -2.27. The average molecular weight is 682 g/mol. The number of ether oxygens (including phenoxy) is 1. The normalized spacial score (nSPS) is 14.2. The van der Waals surface area contributed by atoms with Gasteiger partial charge in [-0.05, 0) is 70.6 Å². The van der Waals surface area contributed by atoms with Crippen LogP contribution in [0.25, 0.3) is 0 Å². The number of esters is 1. The maximum absolute atomic E-state index is 12.0. The third-order valence-corrected chi connectivity index (χ3v) is 7.90. The number of amides is 1. The van der Waals surface area contributed by atoms with Gasteiger partial charge >= 0.3 is 13.8 Å². The first-order valence-electron chi connectivity index (χ1n) is 17.8. The predicted molar refractivity (Wildman–Crippen MR) is 192 cm³/mol. The van der Waals surface area contributed by atoms with Crippen molar-refractivity contribution < 1.29 is 37.9 Å². The summed E-state index contributed by atoms with van der Waals surface area (Å²) < 4.78 is 26.7. The molecule has 1 amide bonds. The molecule has 0 aliphatic carbocycles. The van der Waals surface area contributed by atoms with Crippen LogP contribution in [0.3, 0.4) is 0 Å². The topological polar surface area (TPSA) is 131 Å². The van der Waals surface area contributed by atoms with Crippen LogP contribution in [0.2, 0.25) is 0 Å². The Morgan fingerprint density at radius 1 is 0.681 bits per heavy atom. The number of unbranched alkanes of at least 4 members (excludes halogenated alkanes) is 9. The minimum atomic E-state index is -4.42. The highest BCUT2D eigenvalue weighted by Gasteiger charge is 2.23. The SMILES string of the molecule is CC/C=C\C/C=C\C/C=C\CCCCCC(=O)OCC(O)COP(=O)(O)OCCNC(=O)CCCCCCC/C=C\C/C=C\CCC. The molecule has 0 aliphatic heterocycles. The summed E-state index contributed by atoms with van der Waals surface area (Å²) in [6.45, 7) is 3.28. The van der Waals surface area contributed by atoms with Crippen molar-refractivity contribution in [3.8, 4) is 0 Å². The van der Waals surface area contributed by atoms with Crippen molar-refractivity contribution in [2.24, 2.45) is 0 Å². The molecule has 0 aromatic heterocycles. The first-order valence-corrected chi connectivity index (χ1v) is 19.3. The average Bonchev–Trinajstić information content (AvgIpc) is 3.05. The Labute approximate surface area is 285 Å². The smallest absolute Gasteiger partial charge is 0.463 e. The number of phosphoric ester groups is 1. The second-order valence-corrected chi connectivity index (χ2v) is 12.9. The fourth-order valence-corrected chi connectivity index (χ4v) is 5.01. The molecule has 3 N–H and O–H groups in total. The maximum Gasteiger partial charge on any atom is 0.472 e. The van der Waals surface area contributed by atoms with E-state index in [4.69, 9.17) is 13.8 Å². The van der Waals surface area contributed by atoms with Gasteiger partial charge in [0.1, 0.15) is 12.7 Å². The molecule has 2 atom stereocenters. The summed E-state index contributed by atoms with van der Waals surface area (Å²) in [7, 11) is -4.42. The van der Waals surface area contributed by atoms with Gasteiger partial charge in [0.05, 0.1) is 13.2 Å².